The molecule has 0 bridgehead atoms. The second kappa shape index (κ2) is 7.23. The lowest BCUT2D eigenvalue weighted by atomic mass is 10.1. The number of hydrogen-bond donors (Lipinski definition) is 0. The molecule has 2 aliphatic heterocycles. The number of oxazole rings is 1. The van der Waals surface area contributed by atoms with Crippen molar-refractivity contribution in [2.24, 2.45) is 0 Å². The molecule has 156 valence electrons. The molecule has 6 rings (SSSR count). The number of rotatable bonds is 4. The Balaban J connectivity index is 1.13. The summed E-state index contributed by atoms with van der Waals surface area (Å²) < 4.78 is 7.80. The molecule has 4 aromatic rings. The largest absolute Gasteiger partial charge is 0.423 e. The van der Waals surface area contributed by atoms with Gasteiger partial charge in [-0.05, 0) is 25.0 Å². The van der Waals surface area contributed by atoms with E-state index in [4.69, 9.17) is 4.42 Å². The molecule has 2 aromatic carbocycles. The number of amides is 1. The lowest BCUT2D eigenvalue weighted by Crippen LogP contribution is -2.56. The van der Waals surface area contributed by atoms with Crippen molar-refractivity contribution in [3.8, 4) is 11.3 Å². The molecule has 0 N–H and O–H groups in total. The van der Waals surface area contributed by atoms with Gasteiger partial charge in [-0.15, -0.1) is 5.10 Å². The second-order valence-corrected chi connectivity index (χ2v) is 8.16. The average molecular weight is 414 g/mol. The van der Waals surface area contributed by atoms with Gasteiger partial charge in [0.25, 0.3) is 6.01 Å². The normalized spacial score (nSPS) is 19.2. The van der Waals surface area contributed by atoms with Crippen molar-refractivity contribution in [2.45, 2.75) is 24.9 Å². The Hall–Kier alpha value is -3.68. The third-order valence-corrected chi connectivity index (χ3v) is 6.19. The summed E-state index contributed by atoms with van der Waals surface area (Å²) in [4.78, 5) is 21.7. The summed E-state index contributed by atoms with van der Waals surface area (Å²) in [6.45, 7) is 2.08. The fraction of sp³-hybridized carbons (Fsp3) is 0.304. The minimum Gasteiger partial charge on any atom is -0.423 e. The van der Waals surface area contributed by atoms with Gasteiger partial charge in [0, 0.05) is 25.2 Å². The Kier molecular flexibility index (Phi) is 4.22. The van der Waals surface area contributed by atoms with Crippen LogP contribution in [0, 0.1) is 0 Å². The minimum absolute atomic E-state index is 0.138. The van der Waals surface area contributed by atoms with Crippen molar-refractivity contribution in [3.05, 3.63) is 60.8 Å². The standard InChI is InChI=1S/C23H22N6O2/c30-22(20-10-6-12-28(20)23-24-18-9-4-5-11-21(18)31-23)27-13-17(14-27)29-15-19(25-26-29)16-7-2-1-3-8-16/h1-5,7-9,11,15,17,20H,6,10,12-14H2. The molecule has 31 heavy (non-hydrogen) atoms. The molecule has 2 aromatic heterocycles. The topological polar surface area (TPSA) is 80.3 Å². The summed E-state index contributed by atoms with van der Waals surface area (Å²) in [6.07, 6.45) is 3.73. The van der Waals surface area contributed by atoms with Gasteiger partial charge in [-0.3, -0.25) is 4.79 Å². The van der Waals surface area contributed by atoms with Crippen LogP contribution in [0.15, 0.2) is 65.2 Å². The number of likely N-dealkylation sites (tertiary alicyclic amines) is 1. The van der Waals surface area contributed by atoms with Gasteiger partial charge in [0.1, 0.15) is 17.3 Å². The van der Waals surface area contributed by atoms with E-state index in [2.05, 4.69) is 15.3 Å². The van der Waals surface area contributed by atoms with Gasteiger partial charge in [0.05, 0.1) is 12.2 Å². The summed E-state index contributed by atoms with van der Waals surface area (Å²) in [5.74, 6) is 0.138. The summed E-state index contributed by atoms with van der Waals surface area (Å²) in [6, 6.07) is 18.2. The van der Waals surface area contributed by atoms with E-state index in [9.17, 15) is 4.79 Å². The van der Waals surface area contributed by atoms with Crippen LogP contribution >= 0.6 is 0 Å². The van der Waals surface area contributed by atoms with Gasteiger partial charge in [-0.25, -0.2) is 4.68 Å². The number of carbonyl (C=O) groups excluding carboxylic acids is 1. The van der Waals surface area contributed by atoms with E-state index in [1.807, 2.05) is 75.3 Å². The monoisotopic (exact) mass is 414 g/mol. The number of benzene rings is 2. The van der Waals surface area contributed by atoms with Crippen LogP contribution in [0.25, 0.3) is 22.4 Å². The molecule has 8 heteroatoms. The van der Waals surface area contributed by atoms with Gasteiger partial charge < -0.3 is 14.2 Å². The minimum atomic E-state index is -0.218. The molecule has 2 saturated heterocycles. The highest BCUT2D eigenvalue weighted by Crippen LogP contribution is 2.31. The molecule has 1 atom stereocenters. The fourth-order valence-electron chi connectivity index (χ4n) is 4.44. The van der Waals surface area contributed by atoms with Crippen LogP contribution < -0.4 is 4.90 Å². The number of hydrogen-bond acceptors (Lipinski definition) is 6. The first-order valence-electron chi connectivity index (χ1n) is 10.6. The van der Waals surface area contributed by atoms with Crippen LogP contribution in [-0.4, -0.2) is 56.5 Å². The quantitative estimate of drug-likeness (QED) is 0.510. The van der Waals surface area contributed by atoms with Gasteiger partial charge >= 0.3 is 0 Å². The summed E-state index contributed by atoms with van der Waals surface area (Å²) >= 11 is 0. The van der Waals surface area contributed by atoms with Crippen LogP contribution in [0.5, 0.6) is 0 Å². The van der Waals surface area contributed by atoms with Crippen LogP contribution in [0.2, 0.25) is 0 Å². The fourth-order valence-corrected chi connectivity index (χ4v) is 4.44. The van der Waals surface area contributed by atoms with Crippen LogP contribution in [-0.2, 0) is 4.79 Å². The van der Waals surface area contributed by atoms with Crippen LogP contribution in [0.3, 0.4) is 0 Å². The number of carbonyl (C=O) groups is 1. The van der Waals surface area contributed by atoms with E-state index in [0.29, 0.717) is 19.1 Å². The Morgan fingerprint density at radius 2 is 1.84 bits per heavy atom. The maximum absolute atomic E-state index is 13.2. The first kappa shape index (κ1) is 18.1. The molecule has 0 saturated carbocycles. The number of fused-ring (bicyclic) bond motifs is 1. The highest BCUT2D eigenvalue weighted by Gasteiger charge is 2.41. The summed E-state index contributed by atoms with van der Waals surface area (Å²) in [5, 5.41) is 8.58. The van der Waals surface area contributed by atoms with Gasteiger partial charge in [-0.1, -0.05) is 47.7 Å². The van der Waals surface area contributed by atoms with Gasteiger partial charge in [0.2, 0.25) is 5.91 Å². The molecule has 2 aliphatic rings. The van der Waals surface area contributed by atoms with Gasteiger partial charge in [0.15, 0.2) is 5.58 Å². The zero-order valence-corrected chi connectivity index (χ0v) is 17.0. The first-order chi connectivity index (χ1) is 15.3. The third-order valence-electron chi connectivity index (χ3n) is 6.19. The van der Waals surface area contributed by atoms with Crippen LogP contribution in [0.1, 0.15) is 18.9 Å². The van der Waals surface area contributed by atoms with Crippen molar-refractivity contribution in [3.63, 3.8) is 0 Å². The van der Waals surface area contributed by atoms with E-state index in [0.717, 1.165) is 41.7 Å². The Morgan fingerprint density at radius 3 is 2.68 bits per heavy atom. The highest BCUT2D eigenvalue weighted by atomic mass is 16.4. The van der Waals surface area contributed by atoms with E-state index in [-0.39, 0.29) is 18.0 Å². The molecule has 2 fully saturated rings. The molecule has 1 amide bonds. The molecule has 0 aliphatic carbocycles. The molecule has 8 nitrogen and oxygen atoms in total. The molecule has 0 spiro atoms. The second-order valence-electron chi connectivity index (χ2n) is 8.16. The predicted octanol–water partition coefficient (Wildman–Crippen LogP) is 3.14. The Morgan fingerprint density at radius 1 is 1.03 bits per heavy atom. The predicted molar refractivity (Wildman–Crippen MR) is 115 cm³/mol. The zero-order valence-electron chi connectivity index (χ0n) is 17.0. The van der Waals surface area contributed by atoms with Crippen LogP contribution in [0.4, 0.5) is 6.01 Å². The zero-order chi connectivity index (χ0) is 20.8. The molecule has 4 heterocycles. The first-order valence-corrected chi connectivity index (χ1v) is 10.6. The number of anilines is 1. The van der Waals surface area contributed by atoms with Crippen molar-refractivity contribution >= 4 is 23.0 Å². The van der Waals surface area contributed by atoms with Crippen molar-refractivity contribution < 1.29 is 9.21 Å². The lowest BCUT2D eigenvalue weighted by Gasteiger charge is -2.41. The van der Waals surface area contributed by atoms with E-state index >= 15 is 0 Å². The maximum atomic E-state index is 13.2. The van der Waals surface area contributed by atoms with Crippen molar-refractivity contribution in [2.75, 3.05) is 24.5 Å². The van der Waals surface area contributed by atoms with E-state index in [1.165, 1.54) is 0 Å². The average Bonchev–Trinajstić information content (AvgIpc) is 3.51. The molecular formula is C23H22N6O2. The van der Waals surface area contributed by atoms with Crippen molar-refractivity contribution in [1.29, 1.82) is 0 Å². The smallest absolute Gasteiger partial charge is 0.299 e. The molecular weight excluding hydrogens is 392 g/mol. The Bertz CT molecular complexity index is 1190. The summed E-state index contributed by atoms with van der Waals surface area (Å²) in [7, 11) is 0. The van der Waals surface area contributed by atoms with Gasteiger partial charge in [-0.2, -0.15) is 4.98 Å². The molecule has 1 unspecified atom stereocenters. The number of aromatic nitrogens is 4. The maximum Gasteiger partial charge on any atom is 0.299 e. The summed E-state index contributed by atoms with van der Waals surface area (Å²) in [5.41, 5.74) is 3.46. The Labute approximate surface area is 179 Å². The SMILES string of the molecule is O=C(C1CCCN1c1nc2ccccc2o1)N1CC(n2cc(-c3ccccc3)nn2)C1. The lowest BCUT2D eigenvalue weighted by molar-refractivity contribution is -0.138. The van der Waals surface area contributed by atoms with Crippen molar-refractivity contribution in [1.82, 2.24) is 24.9 Å². The molecule has 0 radical (unpaired) electrons. The highest BCUT2D eigenvalue weighted by molar-refractivity contribution is 5.86. The number of para-hydroxylation sites is 2. The number of nitrogens with zero attached hydrogens (tertiary/aromatic N) is 6. The van der Waals surface area contributed by atoms with E-state index in [1.54, 1.807) is 0 Å². The third kappa shape index (κ3) is 3.15. The van der Waals surface area contributed by atoms with E-state index < -0.39 is 0 Å².